The van der Waals surface area contributed by atoms with Gasteiger partial charge in [0.2, 0.25) is 0 Å². The van der Waals surface area contributed by atoms with Crippen LogP contribution in [0.15, 0.2) is 70.7 Å². The number of carbonyl (C=O) groups is 2. The first-order valence-corrected chi connectivity index (χ1v) is 8.86. The molecule has 1 heterocycles. The number of hydrogen-bond acceptors (Lipinski definition) is 5. The summed E-state index contributed by atoms with van der Waals surface area (Å²) in [4.78, 5) is 24.3. The topological polar surface area (TPSA) is 92.3 Å². The van der Waals surface area contributed by atoms with Gasteiger partial charge in [0, 0.05) is 22.3 Å². The van der Waals surface area contributed by atoms with Gasteiger partial charge in [0.15, 0.2) is 0 Å². The molecule has 0 aliphatic rings. The summed E-state index contributed by atoms with van der Waals surface area (Å²) in [6.45, 7) is 0. The highest BCUT2D eigenvalue weighted by atomic mass is 35.5. The molecule has 0 saturated carbocycles. The number of esters is 1. The van der Waals surface area contributed by atoms with Gasteiger partial charge in [0.05, 0.1) is 12.7 Å². The molecular formula is C22H15ClN2O4. The fraction of sp³-hybridized carbons (Fsp3) is 0.0455. The van der Waals surface area contributed by atoms with Crippen LogP contribution in [-0.2, 0) is 9.53 Å². The maximum atomic E-state index is 12.3. The molecule has 6 nitrogen and oxygen atoms in total. The van der Waals surface area contributed by atoms with E-state index in [0.29, 0.717) is 22.0 Å². The molecule has 29 heavy (non-hydrogen) atoms. The highest BCUT2D eigenvalue weighted by molar-refractivity contribution is 6.31. The van der Waals surface area contributed by atoms with Crippen molar-refractivity contribution in [3.05, 3.63) is 82.6 Å². The van der Waals surface area contributed by atoms with Gasteiger partial charge in [-0.1, -0.05) is 29.8 Å². The lowest BCUT2D eigenvalue weighted by Crippen LogP contribution is -2.13. The Morgan fingerprint density at radius 2 is 1.90 bits per heavy atom. The van der Waals surface area contributed by atoms with Crippen molar-refractivity contribution in [1.29, 1.82) is 5.26 Å². The molecule has 144 valence electrons. The standard InChI is InChI=1S/C22H15ClN2O4/c1-28-22(27)18-9-7-15(23)12-19(18)20-10-8-17(29-20)11-14(13-24)21(26)25-16-5-3-2-4-6-16/h2-12H,1H3,(H,25,26)/b14-11+. The van der Waals surface area contributed by atoms with Crippen molar-refractivity contribution in [1.82, 2.24) is 0 Å². The lowest BCUT2D eigenvalue weighted by Gasteiger charge is -2.06. The molecule has 0 saturated heterocycles. The summed E-state index contributed by atoms with van der Waals surface area (Å²) in [7, 11) is 1.28. The van der Waals surface area contributed by atoms with E-state index in [9.17, 15) is 14.9 Å². The van der Waals surface area contributed by atoms with Crippen LogP contribution in [0.3, 0.4) is 0 Å². The van der Waals surface area contributed by atoms with Gasteiger partial charge in [-0.3, -0.25) is 4.79 Å². The number of amides is 1. The minimum absolute atomic E-state index is 0.131. The molecule has 0 radical (unpaired) electrons. The van der Waals surface area contributed by atoms with E-state index in [2.05, 4.69) is 5.32 Å². The number of methoxy groups -OCH3 is 1. The molecule has 7 heteroatoms. The molecular weight excluding hydrogens is 392 g/mol. The summed E-state index contributed by atoms with van der Waals surface area (Å²) in [5, 5.41) is 12.4. The van der Waals surface area contributed by atoms with E-state index in [1.54, 1.807) is 48.5 Å². The number of carbonyl (C=O) groups excluding carboxylic acids is 2. The van der Waals surface area contributed by atoms with Gasteiger partial charge in [-0.2, -0.15) is 5.26 Å². The van der Waals surface area contributed by atoms with E-state index in [1.807, 2.05) is 12.1 Å². The van der Waals surface area contributed by atoms with Gasteiger partial charge in [-0.25, -0.2) is 4.79 Å². The van der Waals surface area contributed by atoms with Crippen LogP contribution in [0.4, 0.5) is 5.69 Å². The Morgan fingerprint density at radius 3 is 2.59 bits per heavy atom. The average Bonchev–Trinajstić information content (AvgIpc) is 3.20. The molecule has 2 aromatic carbocycles. The van der Waals surface area contributed by atoms with Crippen molar-refractivity contribution in [3.63, 3.8) is 0 Å². The van der Waals surface area contributed by atoms with Crippen LogP contribution in [0.25, 0.3) is 17.4 Å². The molecule has 1 N–H and O–H groups in total. The Hall–Kier alpha value is -3.82. The largest absolute Gasteiger partial charge is 0.465 e. The number of para-hydroxylation sites is 1. The van der Waals surface area contributed by atoms with Crippen LogP contribution in [0, 0.1) is 11.3 Å². The van der Waals surface area contributed by atoms with Crippen LogP contribution in [0.1, 0.15) is 16.1 Å². The predicted octanol–water partition coefficient (Wildman–Crippen LogP) is 4.93. The Morgan fingerprint density at radius 1 is 1.14 bits per heavy atom. The third-order valence-electron chi connectivity index (χ3n) is 3.96. The van der Waals surface area contributed by atoms with Gasteiger partial charge in [0.25, 0.3) is 5.91 Å². The molecule has 0 bridgehead atoms. The van der Waals surface area contributed by atoms with Crippen LogP contribution >= 0.6 is 11.6 Å². The van der Waals surface area contributed by atoms with Crippen molar-refractivity contribution in [2.24, 2.45) is 0 Å². The van der Waals surface area contributed by atoms with E-state index in [0.717, 1.165) is 0 Å². The number of anilines is 1. The third-order valence-corrected chi connectivity index (χ3v) is 4.20. The van der Waals surface area contributed by atoms with E-state index >= 15 is 0 Å². The number of halogens is 1. The second kappa shape index (κ2) is 8.91. The SMILES string of the molecule is COC(=O)c1ccc(Cl)cc1-c1ccc(/C=C(\C#N)C(=O)Nc2ccccc2)o1. The number of nitriles is 1. The predicted molar refractivity (Wildman–Crippen MR) is 109 cm³/mol. The summed E-state index contributed by atoms with van der Waals surface area (Å²) in [6.07, 6.45) is 1.32. The summed E-state index contributed by atoms with van der Waals surface area (Å²) in [5.74, 6) is -0.477. The van der Waals surface area contributed by atoms with Gasteiger partial charge in [-0.15, -0.1) is 0 Å². The van der Waals surface area contributed by atoms with Crippen LogP contribution in [0.5, 0.6) is 0 Å². The molecule has 1 amide bonds. The van der Waals surface area contributed by atoms with Gasteiger partial charge < -0.3 is 14.5 Å². The van der Waals surface area contributed by atoms with E-state index in [1.165, 1.54) is 19.3 Å². The number of hydrogen-bond donors (Lipinski definition) is 1. The summed E-state index contributed by atoms with van der Waals surface area (Å²) in [5.41, 5.74) is 1.16. The van der Waals surface area contributed by atoms with Crippen molar-refractivity contribution >= 4 is 35.2 Å². The highest BCUT2D eigenvalue weighted by Crippen LogP contribution is 2.30. The quantitative estimate of drug-likeness (QED) is 0.368. The normalized spacial score (nSPS) is 10.9. The smallest absolute Gasteiger partial charge is 0.338 e. The first kappa shape index (κ1) is 19.9. The second-order valence-electron chi connectivity index (χ2n) is 5.87. The summed E-state index contributed by atoms with van der Waals surface area (Å²) < 4.78 is 10.5. The zero-order valence-electron chi connectivity index (χ0n) is 15.3. The number of nitrogens with zero attached hydrogens (tertiary/aromatic N) is 1. The Labute approximate surface area is 172 Å². The van der Waals surface area contributed by atoms with E-state index < -0.39 is 11.9 Å². The second-order valence-corrected chi connectivity index (χ2v) is 6.31. The number of rotatable bonds is 5. The molecule has 0 spiro atoms. The average molecular weight is 407 g/mol. The number of furan rings is 1. The molecule has 3 rings (SSSR count). The van der Waals surface area contributed by atoms with Crippen molar-refractivity contribution < 1.29 is 18.7 Å². The molecule has 0 aliphatic carbocycles. The Kier molecular flexibility index (Phi) is 6.12. The zero-order valence-corrected chi connectivity index (χ0v) is 16.1. The van der Waals surface area contributed by atoms with E-state index in [-0.39, 0.29) is 16.9 Å². The number of nitrogens with one attached hydrogen (secondary N) is 1. The molecule has 0 aliphatic heterocycles. The Bertz CT molecular complexity index is 1130. The van der Waals surface area contributed by atoms with Crippen LogP contribution in [0.2, 0.25) is 5.02 Å². The number of benzene rings is 2. The lowest BCUT2D eigenvalue weighted by molar-refractivity contribution is -0.112. The molecule has 3 aromatic rings. The fourth-order valence-electron chi connectivity index (χ4n) is 2.59. The lowest BCUT2D eigenvalue weighted by atomic mass is 10.1. The highest BCUT2D eigenvalue weighted by Gasteiger charge is 2.17. The molecule has 0 fully saturated rings. The minimum Gasteiger partial charge on any atom is -0.465 e. The first-order chi connectivity index (χ1) is 14.0. The minimum atomic E-state index is -0.561. The zero-order chi connectivity index (χ0) is 20.8. The summed E-state index contributed by atoms with van der Waals surface area (Å²) >= 11 is 6.05. The molecule has 1 aromatic heterocycles. The fourth-order valence-corrected chi connectivity index (χ4v) is 2.77. The van der Waals surface area contributed by atoms with Crippen molar-refractivity contribution in [2.45, 2.75) is 0 Å². The van der Waals surface area contributed by atoms with Gasteiger partial charge in [-0.05, 0) is 42.5 Å². The maximum Gasteiger partial charge on any atom is 0.338 e. The van der Waals surface area contributed by atoms with Gasteiger partial charge in [0.1, 0.15) is 23.2 Å². The first-order valence-electron chi connectivity index (χ1n) is 8.48. The van der Waals surface area contributed by atoms with E-state index in [4.69, 9.17) is 20.8 Å². The summed E-state index contributed by atoms with van der Waals surface area (Å²) in [6, 6.07) is 18.5. The molecule has 0 unspecified atom stereocenters. The third kappa shape index (κ3) is 4.72. The maximum absolute atomic E-state index is 12.3. The van der Waals surface area contributed by atoms with Crippen molar-refractivity contribution in [3.8, 4) is 17.4 Å². The van der Waals surface area contributed by atoms with Gasteiger partial charge >= 0.3 is 5.97 Å². The van der Waals surface area contributed by atoms with Crippen molar-refractivity contribution in [2.75, 3.05) is 12.4 Å². The molecule has 0 atom stereocenters. The Balaban J connectivity index is 1.90. The van der Waals surface area contributed by atoms with Crippen LogP contribution < -0.4 is 5.32 Å². The van der Waals surface area contributed by atoms with Crippen LogP contribution in [-0.4, -0.2) is 19.0 Å². The monoisotopic (exact) mass is 406 g/mol. The number of ether oxygens (including phenoxy) is 1.